The molecule has 0 bridgehead atoms. The molecule has 0 aromatic carbocycles. The van der Waals surface area contributed by atoms with Gasteiger partial charge < -0.3 is 5.11 Å². The van der Waals surface area contributed by atoms with E-state index in [-0.39, 0.29) is 11.3 Å². The highest BCUT2D eigenvalue weighted by atomic mass is 32.1. The molecule has 0 fully saturated rings. The molecule has 3 heterocycles. The number of hydrogen-bond acceptors (Lipinski definition) is 6. The number of aromatic carboxylic acids is 1. The summed E-state index contributed by atoms with van der Waals surface area (Å²) in [4.78, 5) is 28.0. The summed E-state index contributed by atoms with van der Waals surface area (Å²) in [5.41, 5.74) is 2.41. The smallest absolute Gasteiger partial charge is 0.339 e. The fourth-order valence-corrected chi connectivity index (χ4v) is 3.20. The van der Waals surface area contributed by atoms with Gasteiger partial charge in [-0.1, -0.05) is 0 Å². The molecular formula is C15H16N6O3S. The van der Waals surface area contributed by atoms with E-state index in [2.05, 4.69) is 20.5 Å². The van der Waals surface area contributed by atoms with Crippen molar-refractivity contribution in [1.29, 1.82) is 0 Å². The van der Waals surface area contributed by atoms with Crippen LogP contribution in [0.25, 0.3) is 11.3 Å². The second-order valence-electron chi connectivity index (χ2n) is 5.29. The third kappa shape index (κ3) is 3.03. The van der Waals surface area contributed by atoms with Crippen LogP contribution in [0.15, 0.2) is 17.8 Å². The molecular weight excluding hydrogens is 344 g/mol. The SMILES string of the molecule is CCn1ncc(-c2csc(NC(=O)c3c(C(=O)O)cnn3C)n2)c1C. The first-order chi connectivity index (χ1) is 11.9. The highest BCUT2D eigenvalue weighted by molar-refractivity contribution is 7.14. The van der Waals surface area contributed by atoms with E-state index in [1.165, 1.54) is 23.1 Å². The Kier molecular flexibility index (Phi) is 4.36. The van der Waals surface area contributed by atoms with Crippen molar-refractivity contribution in [3.63, 3.8) is 0 Å². The van der Waals surface area contributed by atoms with Crippen LogP contribution in [0.1, 0.15) is 33.5 Å². The largest absolute Gasteiger partial charge is 0.478 e. The molecule has 25 heavy (non-hydrogen) atoms. The summed E-state index contributed by atoms with van der Waals surface area (Å²) < 4.78 is 3.09. The Morgan fingerprint density at radius 1 is 1.32 bits per heavy atom. The summed E-state index contributed by atoms with van der Waals surface area (Å²) >= 11 is 1.26. The van der Waals surface area contributed by atoms with Gasteiger partial charge in [-0.15, -0.1) is 11.3 Å². The van der Waals surface area contributed by atoms with Crippen molar-refractivity contribution in [3.8, 4) is 11.3 Å². The van der Waals surface area contributed by atoms with Crippen molar-refractivity contribution in [1.82, 2.24) is 24.5 Å². The van der Waals surface area contributed by atoms with Gasteiger partial charge in [-0.25, -0.2) is 9.78 Å². The number of thiazole rings is 1. The molecule has 0 radical (unpaired) electrons. The van der Waals surface area contributed by atoms with Crippen molar-refractivity contribution >= 4 is 28.3 Å². The van der Waals surface area contributed by atoms with Crippen LogP contribution < -0.4 is 5.32 Å². The molecule has 10 heteroatoms. The molecule has 0 aliphatic carbocycles. The van der Waals surface area contributed by atoms with E-state index in [1.807, 2.05) is 23.9 Å². The Balaban J connectivity index is 1.84. The van der Waals surface area contributed by atoms with Gasteiger partial charge in [-0.05, 0) is 13.8 Å². The third-order valence-electron chi connectivity index (χ3n) is 3.79. The zero-order chi connectivity index (χ0) is 18.1. The minimum absolute atomic E-state index is 0.0285. The zero-order valence-corrected chi connectivity index (χ0v) is 14.7. The van der Waals surface area contributed by atoms with Gasteiger partial charge in [0, 0.05) is 30.2 Å². The highest BCUT2D eigenvalue weighted by Gasteiger charge is 2.22. The van der Waals surface area contributed by atoms with Gasteiger partial charge in [0.25, 0.3) is 5.91 Å². The van der Waals surface area contributed by atoms with Crippen molar-refractivity contribution in [2.24, 2.45) is 7.05 Å². The summed E-state index contributed by atoms with van der Waals surface area (Å²) in [6.45, 7) is 4.72. The number of amides is 1. The van der Waals surface area contributed by atoms with Crippen LogP contribution in [-0.4, -0.2) is 41.5 Å². The molecule has 0 unspecified atom stereocenters. The maximum absolute atomic E-state index is 12.4. The molecule has 0 atom stereocenters. The normalized spacial score (nSPS) is 10.8. The number of carboxylic acids is 1. The zero-order valence-electron chi connectivity index (χ0n) is 13.8. The quantitative estimate of drug-likeness (QED) is 0.719. The number of hydrogen-bond donors (Lipinski definition) is 2. The van der Waals surface area contributed by atoms with Crippen molar-refractivity contribution in [2.75, 3.05) is 5.32 Å². The lowest BCUT2D eigenvalue weighted by Crippen LogP contribution is -2.19. The standard InChI is InChI=1S/C15H16N6O3S/c1-4-21-8(2)9(5-17-21)11-7-25-15(18-11)19-13(22)12-10(14(23)24)6-16-20(12)3/h5-7H,4H2,1-3H3,(H,23,24)(H,18,19,22). The number of aryl methyl sites for hydroxylation is 2. The molecule has 3 rings (SSSR count). The van der Waals surface area contributed by atoms with E-state index in [0.717, 1.165) is 24.0 Å². The summed E-state index contributed by atoms with van der Waals surface area (Å²) in [5, 5.41) is 22.1. The molecule has 9 nitrogen and oxygen atoms in total. The first-order valence-electron chi connectivity index (χ1n) is 7.47. The second-order valence-corrected chi connectivity index (χ2v) is 6.15. The monoisotopic (exact) mass is 360 g/mol. The predicted molar refractivity (Wildman–Crippen MR) is 91.9 cm³/mol. The first kappa shape index (κ1) is 16.8. The Morgan fingerprint density at radius 2 is 2.08 bits per heavy atom. The van der Waals surface area contributed by atoms with Gasteiger partial charge in [0.05, 0.1) is 18.1 Å². The molecule has 0 spiro atoms. The van der Waals surface area contributed by atoms with Crippen LogP contribution in [0.2, 0.25) is 0 Å². The van der Waals surface area contributed by atoms with Crippen LogP contribution in [0, 0.1) is 6.92 Å². The number of carbonyl (C=O) groups is 2. The predicted octanol–water partition coefficient (Wildman–Crippen LogP) is 2.02. The van der Waals surface area contributed by atoms with Gasteiger partial charge >= 0.3 is 5.97 Å². The van der Waals surface area contributed by atoms with E-state index >= 15 is 0 Å². The maximum atomic E-state index is 12.4. The summed E-state index contributed by atoms with van der Waals surface area (Å²) in [5.74, 6) is -1.78. The van der Waals surface area contributed by atoms with Gasteiger partial charge in [-0.3, -0.25) is 19.5 Å². The first-order valence-corrected chi connectivity index (χ1v) is 8.35. The molecule has 130 valence electrons. The summed E-state index contributed by atoms with van der Waals surface area (Å²) in [6, 6.07) is 0. The van der Waals surface area contributed by atoms with E-state index in [9.17, 15) is 9.59 Å². The molecule has 0 aliphatic heterocycles. The average molecular weight is 360 g/mol. The highest BCUT2D eigenvalue weighted by Crippen LogP contribution is 2.27. The number of nitrogens with zero attached hydrogens (tertiary/aromatic N) is 5. The lowest BCUT2D eigenvalue weighted by Gasteiger charge is -2.03. The number of rotatable bonds is 5. The molecule has 2 N–H and O–H groups in total. The fourth-order valence-electron chi connectivity index (χ4n) is 2.49. The van der Waals surface area contributed by atoms with Crippen molar-refractivity contribution in [3.05, 3.63) is 34.7 Å². The molecule has 0 saturated heterocycles. The number of anilines is 1. The molecule has 1 amide bonds. The summed E-state index contributed by atoms with van der Waals surface area (Å²) in [6.07, 6.45) is 2.89. The minimum Gasteiger partial charge on any atom is -0.478 e. The Labute approximate surface area is 146 Å². The third-order valence-corrected chi connectivity index (χ3v) is 4.55. The lowest BCUT2D eigenvalue weighted by atomic mass is 10.2. The minimum atomic E-state index is -1.21. The maximum Gasteiger partial charge on any atom is 0.339 e. The van der Waals surface area contributed by atoms with E-state index in [1.54, 1.807) is 6.20 Å². The average Bonchev–Trinajstić information content (AvgIpc) is 3.25. The van der Waals surface area contributed by atoms with Gasteiger partial charge in [-0.2, -0.15) is 10.2 Å². The van der Waals surface area contributed by atoms with Crippen LogP contribution >= 0.6 is 11.3 Å². The topological polar surface area (TPSA) is 115 Å². The van der Waals surface area contributed by atoms with E-state index in [4.69, 9.17) is 5.11 Å². The van der Waals surface area contributed by atoms with Gasteiger partial charge in [0.1, 0.15) is 11.3 Å². The Bertz CT molecular complexity index is 955. The van der Waals surface area contributed by atoms with Crippen LogP contribution in [0.3, 0.4) is 0 Å². The van der Waals surface area contributed by atoms with E-state index in [0.29, 0.717) is 10.8 Å². The van der Waals surface area contributed by atoms with Crippen molar-refractivity contribution < 1.29 is 14.7 Å². The number of carboxylic acid groups (broad SMARTS) is 1. The lowest BCUT2D eigenvalue weighted by molar-refractivity contribution is 0.0692. The Hall–Kier alpha value is -3.01. The Morgan fingerprint density at radius 3 is 2.72 bits per heavy atom. The van der Waals surface area contributed by atoms with Gasteiger partial charge in [0.2, 0.25) is 0 Å². The van der Waals surface area contributed by atoms with Crippen LogP contribution in [0.5, 0.6) is 0 Å². The molecule has 3 aromatic heterocycles. The second kappa shape index (κ2) is 6.48. The molecule has 3 aromatic rings. The van der Waals surface area contributed by atoms with Gasteiger partial charge in [0.15, 0.2) is 5.13 Å². The fraction of sp³-hybridized carbons (Fsp3) is 0.267. The van der Waals surface area contributed by atoms with E-state index < -0.39 is 11.9 Å². The molecule has 0 aliphatic rings. The number of nitrogens with one attached hydrogen (secondary N) is 1. The number of aromatic nitrogens is 5. The number of carbonyl (C=O) groups excluding carboxylic acids is 1. The van der Waals surface area contributed by atoms with Crippen LogP contribution in [-0.2, 0) is 13.6 Å². The van der Waals surface area contributed by atoms with Crippen LogP contribution in [0.4, 0.5) is 5.13 Å². The van der Waals surface area contributed by atoms with Crippen molar-refractivity contribution in [2.45, 2.75) is 20.4 Å². The molecule has 0 saturated carbocycles. The summed E-state index contributed by atoms with van der Waals surface area (Å²) in [7, 11) is 1.51.